The van der Waals surface area contributed by atoms with Crippen molar-refractivity contribution in [2.45, 2.75) is 63.2 Å². The maximum absolute atomic E-state index is 11.2. The molecule has 0 bridgehead atoms. The van der Waals surface area contributed by atoms with Gasteiger partial charge in [0.15, 0.2) is 0 Å². The molecule has 2 aromatic rings. The zero-order valence-corrected chi connectivity index (χ0v) is 20.9. The number of rotatable bonds is 6. The number of phenols is 2. The van der Waals surface area contributed by atoms with Crippen LogP contribution in [-0.4, -0.2) is 10.2 Å². The van der Waals surface area contributed by atoms with Crippen molar-refractivity contribution in [3.8, 4) is 11.5 Å². The van der Waals surface area contributed by atoms with E-state index >= 15 is 0 Å². The SMILES string of the molecule is Cc1cc(CC2(C)C=CC=CC2)c(O)c(Sc2cc(C)cc(CC3(C)C=CC=CC3)c2O)c1. The van der Waals surface area contributed by atoms with E-state index in [-0.39, 0.29) is 10.8 Å². The normalized spacial score (nSPS) is 23.9. The van der Waals surface area contributed by atoms with Crippen LogP contribution < -0.4 is 0 Å². The van der Waals surface area contributed by atoms with E-state index in [2.05, 4.69) is 88.4 Å². The molecule has 0 aromatic heterocycles. The molecule has 2 N–H and O–H groups in total. The summed E-state index contributed by atoms with van der Waals surface area (Å²) in [6.45, 7) is 8.60. The van der Waals surface area contributed by atoms with Gasteiger partial charge in [-0.3, -0.25) is 0 Å². The van der Waals surface area contributed by atoms with E-state index in [0.717, 1.165) is 57.7 Å². The first kappa shape index (κ1) is 23.5. The van der Waals surface area contributed by atoms with Crippen LogP contribution in [0, 0.1) is 24.7 Å². The summed E-state index contributed by atoms with van der Waals surface area (Å²) in [5, 5.41) is 22.4. The van der Waals surface area contributed by atoms with E-state index in [1.54, 1.807) is 0 Å². The molecular formula is C30H34O2S. The Balaban J connectivity index is 1.64. The van der Waals surface area contributed by atoms with Gasteiger partial charge in [-0.05, 0) is 84.7 Å². The van der Waals surface area contributed by atoms with Crippen molar-refractivity contribution in [3.63, 3.8) is 0 Å². The largest absolute Gasteiger partial charge is 0.506 e. The van der Waals surface area contributed by atoms with Crippen LogP contribution in [0.2, 0.25) is 0 Å². The molecule has 0 heterocycles. The maximum atomic E-state index is 11.2. The van der Waals surface area contributed by atoms with Gasteiger partial charge in [0, 0.05) is 0 Å². The Bertz CT molecular complexity index is 1080. The highest BCUT2D eigenvalue weighted by Gasteiger charge is 2.26. The van der Waals surface area contributed by atoms with E-state index in [0.29, 0.717) is 11.5 Å². The number of benzene rings is 2. The molecule has 0 saturated carbocycles. The van der Waals surface area contributed by atoms with Crippen molar-refractivity contribution < 1.29 is 10.2 Å². The quantitative estimate of drug-likeness (QED) is 0.461. The Labute approximate surface area is 202 Å². The average Bonchev–Trinajstić information content (AvgIpc) is 2.75. The van der Waals surface area contributed by atoms with Crippen molar-refractivity contribution in [3.05, 3.63) is 95.1 Å². The summed E-state index contributed by atoms with van der Waals surface area (Å²) < 4.78 is 0. The van der Waals surface area contributed by atoms with Gasteiger partial charge in [0.25, 0.3) is 0 Å². The van der Waals surface area contributed by atoms with Crippen molar-refractivity contribution in [1.29, 1.82) is 0 Å². The second-order valence-corrected chi connectivity index (χ2v) is 11.4. The van der Waals surface area contributed by atoms with Crippen molar-refractivity contribution in [2.24, 2.45) is 10.8 Å². The standard InChI is InChI=1S/C30H34O2S/c1-21-15-23(19-29(3)11-7-5-8-12-29)27(31)25(17-21)33-26-18-22(2)16-24(28(26)32)20-30(4)13-9-6-10-14-30/h5-11,13,15-18,31-32H,12,14,19-20H2,1-4H3. The number of hydrogen-bond donors (Lipinski definition) is 2. The summed E-state index contributed by atoms with van der Waals surface area (Å²) in [4.78, 5) is 1.59. The minimum absolute atomic E-state index is 0.00198. The zero-order valence-electron chi connectivity index (χ0n) is 20.1. The summed E-state index contributed by atoms with van der Waals surface area (Å²) >= 11 is 1.46. The topological polar surface area (TPSA) is 40.5 Å². The smallest absolute Gasteiger partial charge is 0.132 e. The van der Waals surface area contributed by atoms with Gasteiger partial charge in [0.1, 0.15) is 11.5 Å². The highest BCUT2D eigenvalue weighted by molar-refractivity contribution is 7.99. The molecule has 0 spiro atoms. The van der Waals surface area contributed by atoms with Gasteiger partial charge in [0.2, 0.25) is 0 Å². The van der Waals surface area contributed by atoms with Gasteiger partial charge in [-0.15, -0.1) is 0 Å². The molecule has 0 aliphatic heterocycles. The lowest BCUT2D eigenvalue weighted by Gasteiger charge is -2.28. The zero-order chi connectivity index (χ0) is 23.6. The summed E-state index contributed by atoms with van der Waals surface area (Å²) in [5.74, 6) is 0.647. The number of allylic oxidation sites excluding steroid dienone is 8. The molecule has 0 radical (unpaired) electrons. The molecule has 0 fully saturated rings. The van der Waals surface area contributed by atoms with Crippen LogP contribution in [0.1, 0.15) is 48.9 Å². The molecule has 2 unspecified atom stereocenters. The average molecular weight is 459 g/mol. The van der Waals surface area contributed by atoms with Gasteiger partial charge in [0.05, 0.1) is 9.79 Å². The van der Waals surface area contributed by atoms with Crippen LogP contribution in [0.5, 0.6) is 11.5 Å². The molecule has 172 valence electrons. The molecule has 2 atom stereocenters. The van der Waals surface area contributed by atoms with E-state index in [4.69, 9.17) is 0 Å². The van der Waals surface area contributed by atoms with Gasteiger partial charge in [-0.25, -0.2) is 0 Å². The molecule has 2 aromatic carbocycles. The first-order valence-electron chi connectivity index (χ1n) is 11.7. The first-order chi connectivity index (χ1) is 15.7. The summed E-state index contributed by atoms with van der Waals surface area (Å²) in [7, 11) is 0. The molecule has 0 saturated heterocycles. The molecule has 4 rings (SSSR count). The monoisotopic (exact) mass is 458 g/mol. The van der Waals surface area contributed by atoms with E-state index in [1.165, 1.54) is 11.8 Å². The third-order valence-electron chi connectivity index (χ3n) is 6.66. The summed E-state index contributed by atoms with van der Waals surface area (Å²) in [5.41, 5.74) is 4.14. The Hall–Kier alpha value is -2.65. The Morgan fingerprint density at radius 3 is 1.48 bits per heavy atom. The second-order valence-electron chi connectivity index (χ2n) is 10.3. The minimum atomic E-state index is -0.00198. The van der Waals surface area contributed by atoms with Crippen LogP contribution in [0.3, 0.4) is 0 Å². The van der Waals surface area contributed by atoms with Crippen LogP contribution in [0.25, 0.3) is 0 Å². The van der Waals surface area contributed by atoms with E-state index in [9.17, 15) is 10.2 Å². The van der Waals surface area contributed by atoms with Gasteiger partial charge in [-0.2, -0.15) is 0 Å². The predicted octanol–water partition coefficient (Wildman–Crippen LogP) is 8.00. The number of aryl methyl sites for hydroxylation is 2. The minimum Gasteiger partial charge on any atom is -0.506 e. The van der Waals surface area contributed by atoms with Crippen molar-refractivity contribution >= 4 is 11.8 Å². The first-order valence-corrected chi connectivity index (χ1v) is 12.5. The molecule has 2 nitrogen and oxygen atoms in total. The molecule has 2 aliphatic carbocycles. The Morgan fingerprint density at radius 1 is 0.697 bits per heavy atom. The van der Waals surface area contributed by atoms with Crippen molar-refractivity contribution in [1.82, 2.24) is 0 Å². The fourth-order valence-corrected chi connectivity index (χ4v) is 6.04. The van der Waals surface area contributed by atoms with E-state index < -0.39 is 0 Å². The number of phenolic OH excluding ortho intramolecular Hbond substituents is 2. The van der Waals surface area contributed by atoms with Crippen LogP contribution >= 0.6 is 11.8 Å². The number of aromatic hydroxyl groups is 2. The highest BCUT2D eigenvalue weighted by Crippen LogP contribution is 2.45. The summed E-state index contributed by atoms with van der Waals surface area (Å²) in [6.07, 6.45) is 20.7. The Kier molecular flexibility index (Phi) is 6.63. The van der Waals surface area contributed by atoms with Crippen molar-refractivity contribution in [2.75, 3.05) is 0 Å². The molecule has 33 heavy (non-hydrogen) atoms. The fourth-order valence-electron chi connectivity index (χ4n) is 4.86. The fraction of sp³-hybridized carbons (Fsp3) is 0.333. The third kappa shape index (κ3) is 5.47. The van der Waals surface area contributed by atoms with Crippen LogP contribution in [-0.2, 0) is 12.8 Å². The molecular weight excluding hydrogens is 424 g/mol. The lowest BCUT2D eigenvalue weighted by molar-refractivity contribution is 0.401. The van der Waals surface area contributed by atoms with Gasteiger partial charge < -0.3 is 10.2 Å². The highest BCUT2D eigenvalue weighted by atomic mass is 32.2. The van der Waals surface area contributed by atoms with Crippen LogP contribution in [0.15, 0.2) is 82.7 Å². The second kappa shape index (κ2) is 9.30. The maximum Gasteiger partial charge on any atom is 0.132 e. The molecule has 3 heteroatoms. The van der Waals surface area contributed by atoms with Gasteiger partial charge >= 0.3 is 0 Å². The van der Waals surface area contributed by atoms with Crippen LogP contribution in [0.4, 0.5) is 0 Å². The molecule has 0 amide bonds. The third-order valence-corrected chi connectivity index (χ3v) is 7.73. The number of hydrogen-bond acceptors (Lipinski definition) is 3. The Morgan fingerprint density at radius 2 is 1.12 bits per heavy atom. The lowest BCUT2D eigenvalue weighted by Crippen LogP contribution is -2.17. The lowest BCUT2D eigenvalue weighted by atomic mass is 9.78. The molecule has 2 aliphatic rings. The van der Waals surface area contributed by atoms with Gasteiger partial charge in [-0.1, -0.05) is 86.4 Å². The van der Waals surface area contributed by atoms with E-state index in [1.807, 2.05) is 12.1 Å². The summed E-state index contributed by atoms with van der Waals surface area (Å²) in [6, 6.07) is 8.20. The predicted molar refractivity (Wildman–Crippen MR) is 139 cm³/mol.